The highest BCUT2D eigenvalue weighted by Crippen LogP contribution is 2.70. The molecule has 0 amide bonds. The number of carbonyl (C=O) groups is 1. The van der Waals surface area contributed by atoms with Crippen molar-refractivity contribution in [3.05, 3.63) is 17.5 Å². The van der Waals surface area contributed by atoms with Gasteiger partial charge in [-0.05, 0) is 143 Å². The summed E-state index contributed by atoms with van der Waals surface area (Å²) in [5.41, 5.74) is 2.49. The lowest BCUT2D eigenvalue weighted by molar-refractivity contribution is -0.135. The molecule has 1 aromatic rings. The zero-order valence-corrected chi connectivity index (χ0v) is 22.1. The fourth-order valence-corrected chi connectivity index (χ4v) is 11.4. The third kappa shape index (κ3) is 3.47. The summed E-state index contributed by atoms with van der Waals surface area (Å²) in [4.78, 5) is 14.2. The molecule has 7 rings (SSSR count). The predicted molar refractivity (Wildman–Crippen MR) is 137 cm³/mol. The minimum Gasteiger partial charge on any atom is -0.390 e. The van der Waals surface area contributed by atoms with Crippen molar-refractivity contribution >= 4 is 5.78 Å². The number of fused-ring (bicyclic) bond motifs is 8. The fourth-order valence-electron chi connectivity index (χ4n) is 11.4. The van der Waals surface area contributed by atoms with Crippen LogP contribution in [0.25, 0.3) is 0 Å². The van der Waals surface area contributed by atoms with Gasteiger partial charge in [-0.3, -0.25) is 9.48 Å². The van der Waals surface area contributed by atoms with Crippen molar-refractivity contribution in [3.63, 3.8) is 0 Å². The first kappa shape index (κ1) is 23.0. The van der Waals surface area contributed by atoms with Crippen LogP contribution in [0.15, 0.2) is 6.20 Å². The van der Waals surface area contributed by atoms with E-state index in [1.807, 2.05) is 6.20 Å². The van der Waals surface area contributed by atoms with Crippen molar-refractivity contribution < 1.29 is 9.90 Å². The average molecular weight is 479 g/mol. The van der Waals surface area contributed by atoms with Crippen molar-refractivity contribution in [2.45, 2.75) is 116 Å². The molecule has 0 radical (unpaired) electrons. The molecule has 3 unspecified atom stereocenters. The molecule has 192 valence electrons. The number of ketones is 1. The average Bonchev–Trinajstić information content (AvgIpc) is 3.51. The van der Waals surface area contributed by atoms with Crippen molar-refractivity contribution in [1.29, 1.82) is 0 Å². The van der Waals surface area contributed by atoms with Gasteiger partial charge < -0.3 is 5.11 Å². The molecular formula is C31H46N2O2. The second-order valence-corrected chi connectivity index (χ2v) is 14.3. The molecule has 6 aliphatic carbocycles. The highest BCUT2D eigenvalue weighted by atomic mass is 16.3. The van der Waals surface area contributed by atoms with E-state index >= 15 is 0 Å². The molecule has 6 aliphatic rings. The van der Waals surface area contributed by atoms with Crippen LogP contribution in [0.1, 0.15) is 102 Å². The van der Waals surface area contributed by atoms with Crippen molar-refractivity contribution in [2.24, 2.45) is 52.8 Å². The summed E-state index contributed by atoms with van der Waals surface area (Å²) >= 11 is 0. The number of nitrogens with zero attached hydrogens (tertiary/aromatic N) is 2. The standard InChI is InChI=1S/C31H46N2O2/c1-30(35)14-12-21-19(16-30)10-11-25-22(21)13-15-31(2)28(25)23-7-5-8-24(23)29(31)27(34)18-33-26-9-4-3-6-20(26)17-32-33/h17,19,21-25,28-29,35H,3-16,18H2,1-2H3/t19?,21-,22+,23+,24-,25?,28?,29+,30+,31-/m0/s1. The van der Waals surface area contributed by atoms with Crippen molar-refractivity contribution in [3.8, 4) is 0 Å². The minimum atomic E-state index is -0.440. The number of aliphatic hydroxyl groups is 1. The van der Waals surface area contributed by atoms with Crippen LogP contribution < -0.4 is 0 Å². The molecule has 1 aromatic heterocycles. The molecule has 10 atom stereocenters. The summed E-state index contributed by atoms with van der Waals surface area (Å²) in [5.74, 6) is 6.10. The van der Waals surface area contributed by atoms with Gasteiger partial charge in [0.25, 0.3) is 0 Å². The van der Waals surface area contributed by atoms with Gasteiger partial charge >= 0.3 is 0 Å². The van der Waals surface area contributed by atoms with E-state index < -0.39 is 5.60 Å². The van der Waals surface area contributed by atoms with Gasteiger partial charge in [0, 0.05) is 11.6 Å². The molecule has 0 saturated heterocycles. The van der Waals surface area contributed by atoms with Crippen LogP contribution in [0, 0.1) is 52.8 Å². The third-order valence-electron chi connectivity index (χ3n) is 12.6. The molecular weight excluding hydrogens is 432 g/mol. The molecule has 0 aromatic carbocycles. The maximum absolute atomic E-state index is 14.2. The molecule has 0 bridgehead atoms. The molecule has 1 N–H and O–H groups in total. The normalized spacial score (nSPS) is 48.4. The van der Waals surface area contributed by atoms with E-state index in [4.69, 9.17) is 5.10 Å². The number of aromatic nitrogens is 2. The van der Waals surface area contributed by atoms with Crippen molar-refractivity contribution in [1.82, 2.24) is 9.78 Å². The van der Waals surface area contributed by atoms with Crippen LogP contribution in [0.2, 0.25) is 0 Å². The Kier molecular flexibility index (Phi) is 5.37. The Bertz CT molecular complexity index is 996. The number of hydrogen-bond donors (Lipinski definition) is 1. The molecule has 4 heteroatoms. The second kappa shape index (κ2) is 8.17. The first-order valence-corrected chi connectivity index (χ1v) is 15.1. The van der Waals surface area contributed by atoms with Crippen LogP contribution in [0.3, 0.4) is 0 Å². The van der Waals surface area contributed by atoms with Crippen LogP contribution in [0.4, 0.5) is 0 Å². The van der Waals surface area contributed by atoms with E-state index in [0.717, 1.165) is 61.2 Å². The SMILES string of the molecule is C[C@@]1(O)CC[C@H]2C(CCC3C4[C@@H]5CCC[C@@H]5[C@H](C(=O)Cn5ncc6c5CCCC6)[C@@]4(C)CC[C@@H]32)C1. The van der Waals surface area contributed by atoms with Crippen LogP contribution >= 0.6 is 0 Å². The zero-order chi connectivity index (χ0) is 23.9. The van der Waals surface area contributed by atoms with Gasteiger partial charge in [-0.15, -0.1) is 0 Å². The van der Waals surface area contributed by atoms with Gasteiger partial charge in [0.05, 0.1) is 11.8 Å². The number of carbonyl (C=O) groups excluding carboxylic acids is 1. The number of Topliss-reactive ketones (excluding diaryl/α,β-unsaturated/α-hetero) is 1. The maximum atomic E-state index is 14.2. The van der Waals surface area contributed by atoms with E-state index in [1.165, 1.54) is 75.5 Å². The summed E-state index contributed by atoms with van der Waals surface area (Å²) in [6, 6.07) is 0. The van der Waals surface area contributed by atoms with Gasteiger partial charge in [0.1, 0.15) is 6.54 Å². The largest absolute Gasteiger partial charge is 0.390 e. The van der Waals surface area contributed by atoms with E-state index in [9.17, 15) is 9.90 Å². The van der Waals surface area contributed by atoms with Gasteiger partial charge in [-0.25, -0.2) is 0 Å². The molecule has 1 heterocycles. The lowest BCUT2D eigenvalue weighted by Gasteiger charge is -2.57. The monoisotopic (exact) mass is 478 g/mol. The second-order valence-electron chi connectivity index (χ2n) is 14.3. The van der Waals surface area contributed by atoms with Gasteiger partial charge in [0.15, 0.2) is 5.78 Å². The molecule has 35 heavy (non-hydrogen) atoms. The van der Waals surface area contributed by atoms with Gasteiger partial charge in [-0.1, -0.05) is 13.3 Å². The number of rotatable bonds is 3. The lowest BCUT2D eigenvalue weighted by Crippen LogP contribution is -2.52. The molecule has 4 nitrogen and oxygen atoms in total. The van der Waals surface area contributed by atoms with E-state index in [-0.39, 0.29) is 11.3 Å². The topological polar surface area (TPSA) is 55.1 Å². The van der Waals surface area contributed by atoms with Crippen LogP contribution in [0.5, 0.6) is 0 Å². The van der Waals surface area contributed by atoms with E-state index in [1.54, 1.807) is 0 Å². The summed E-state index contributed by atoms with van der Waals surface area (Å²) in [6.07, 6.45) is 19.2. The number of hydrogen-bond acceptors (Lipinski definition) is 3. The first-order valence-electron chi connectivity index (χ1n) is 15.1. The van der Waals surface area contributed by atoms with E-state index in [2.05, 4.69) is 18.5 Å². The minimum absolute atomic E-state index is 0.189. The highest BCUT2D eigenvalue weighted by Gasteiger charge is 2.66. The maximum Gasteiger partial charge on any atom is 0.158 e. The number of aryl methyl sites for hydroxylation is 1. The molecule has 5 saturated carbocycles. The zero-order valence-electron chi connectivity index (χ0n) is 22.1. The molecule has 5 fully saturated rings. The fraction of sp³-hybridized carbons (Fsp3) is 0.871. The third-order valence-corrected chi connectivity index (χ3v) is 12.6. The molecule has 0 spiro atoms. The van der Waals surface area contributed by atoms with Crippen LogP contribution in [-0.2, 0) is 24.2 Å². The summed E-state index contributed by atoms with van der Waals surface area (Å²) in [5, 5.41) is 15.5. The predicted octanol–water partition coefficient (Wildman–Crippen LogP) is 5.99. The van der Waals surface area contributed by atoms with Crippen molar-refractivity contribution in [2.75, 3.05) is 0 Å². The van der Waals surface area contributed by atoms with Crippen LogP contribution in [-0.4, -0.2) is 26.3 Å². The Morgan fingerprint density at radius 3 is 2.60 bits per heavy atom. The highest BCUT2D eigenvalue weighted by molar-refractivity contribution is 5.82. The molecule has 0 aliphatic heterocycles. The van der Waals surface area contributed by atoms with Gasteiger partial charge in [-0.2, -0.15) is 5.10 Å². The Morgan fingerprint density at radius 2 is 1.71 bits per heavy atom. The van der Waals surface area contributed by atoms with Gasteiger partial charge in [0.2, 0.25) is 0 Å². The Balaban J connectivity index is 1.16. The summed E-state index contributed by atoms with van der Waals surface area (Å²) in [6.45, 7) is 5.13. The van der Waals surface area contributed by atoms with E-state index in [0.29, 0.717) is 18.2 Å². The Labute approximate surface area is 211 Å². The first-order chi connectivity index (χ1) is 16.9. The summed E-state index contributed by atoms with van der Waals surface area (Å²) < 4.78 is 2.10. The summed E-state index contributed by atoms with van der Waals surface area (Å²) in [7, 11) is 0. The Hall–Kier alpha value is -1.16. The smallest absolute Gasteiger partial charge is 0.158 e. The Morgan fingerprint density at radius 1 is 0.943 bits per heavy atom. The lowest BCUT2D eigenvalue weighted by atomic mass is 9.48. The quantitative estimate of drug-likeness (QED) is 0.581.